The first-order chi connectivity index (χ1) is 14.6. The number of hydrogen-bond donors (Lipinski definition) is 0. The van der Waals surface area contributed by atoms with Crippen LogP contribution >= 0.6 is 11.6 Å². The van der Waals surface area contributed by atoms with Crippen LogP contribution in [0, 0.1) is 0 Å². The molecule has 158 valence electrons. The average molecular weight is 429 g/mol. The van der Waals surface area contributed by atoms with Gasteiger partial charge in [0.1, 0.15) is 17.1 Å². The molecule has 0 atom stereocenters. The van der Waals surface area contributed by atoms with Crippen LogP contribution < -0.4 is 9.47 Å². The van der Waals surface area contributed by atoms with E-state index in [1.165, 1.54) is 0 Å². The van der Waals surface area contributed by atoms with Gasteiger partial charge in [0, 0.05) is 60.3 Å². The molecular weight excluding hydrogens is 404 g/mol. The Kier molecular flexibility index (Phi) is 6.16. The maximum absolute atomic E-state index is 12.8. The molecule has 0 saturated carbocycles. The van der Waals surface area contributed by atoms with E-state index in [9.17, 15) is 4.79 Å². The minimum atomic E-state index is 0.119. The quantitative estimate of drug-likeness (QED) is 0.594. The Balaban J connectivity index is 1.35. The van der Waals surface area contributed by atoms with Crippen LogP contribution in [-0.4, -0.2) is 56.1 Å². The van der Waals surface area contributed by atoms with Gasteiger partial charge in [0.25, 0.3) is 0 Å². The highest BCUT2D eigenvalue weighted by atomic mass is 35.5. The van der Waals surface area contributed by atoms with Crippen molar-refractivity contribution < 1.29 is 18.7 Å². The highest BCUT2D eigenvalue weighted by Crippen LogP contribution is 2.27. The molecule has 0 unspecified atom stereocenters. The first kappa shape index (κ1) is 20.6. The van der Waals surface area contributed by atoms with Gasteiger partial charge in [0.15, 0.2) is 0 Å². The van der Waals surface area contributed by atoms with Gasteiger partial charge in [-0.2, -0.15) is 0 Å². The fraction of sp³-hybridized carbons (Fsp3) is 0.348. The minimum absolute atomic E-state index is 0.119. The molecule has 0 aliphatic carbocycles. The van der Waals surface area contributed by atoms with Gasteiger partial charge in [-0.25, -0.2) is 0 Å². The number of halogens is 1. The summed E-state index contributed by atoms with van der Waals surface area (Å²) in [7, 11) is 3.29. The molecule has 2 heterocycles. The van der Waals surface area contributed by atoms with E-state index in [1.54, 1.807) is 20.5 Å². The lowest BCUT2D eigenvalue weighted by molar-refractivity contribution is -0.132. The number of carbonyl (C=O) groups is 1. The first-order valence-electron chi connectivity index (χ1n) is 9.94. The Morgan fingerprint density at radius 2 is 1.83 bits per heavy atom. The first-order valence-corrected chi connectivity index (χ1v) is 10.3. The summed E-state index contributed by atoms with van der Waals surface area (Å²) in [5.74, 6) is 1.69. The number of ether oxygens (including phenoxy) is 2. The SMILES string of the molecule is COc1ccc2c(CC(=O)N3CCN(Cc4cc(Cl)ccc4OC)CC3)coc2c1. The molecular formula is C23H25ClN2O4. The Labute approximate surface area is 180 Å². The van der Waals surface area contributed by atoms with Gasteiger partial charge in [-0.1, -0.05) is 11.6 Å². The number of carbonyl (C=O) groups excluding carboxylic acids is 1. The van der Waals surface area contributed by atoms with Crippen LogP contribution in [0.4, 0.5) is 0 Å². The molecule has 7 heteroatoms. The molecule has 1 aliphatic heterocycles. The molecule has 1 aromatic heterocycles. The van der Waals surface area contributed by atoms with Crippen molar-refractivity contribution in [3.05, 3.63) is 58.8 Å². The standard InChI is InChI=1S/C23H25ClN2O4/c1-28-19-4-5-20-17(15-30-22(20)13-19)12-23(27)26-9-7-25(8-10-26)14-16-11-18(24)3-6-21(16)29-2/h3-6,11,13,15H,7-10,12,14H2,1-2H3. The van der Waals surface area contributed by atoms with Crippen molar-refractivity contribution >= 4 is 28.5 Å². The number of fused-ring (bicyclic) bond motifs is 1. The smallest absolute Gasteiger partial charge is 0.227 e. The Morgan fingerprint density at radius 1 is 1.03 bits per heavy atom. The van der Waals surface area contributed by atoms with Crippen LogP contribution in [0.1, 0.15) is 11.1 Å². The van der Waals surface area contributed by atoms with E-state index in [-0.39, 0.29) is 5.91 Å². The minimum Gasteiger partial charge on any atom is -0.497 e. The zero-order valence-electron chi connectivity index (χ0n) is 17.2. The van der Waals surface area contributed by atoms with E-state index in [1.807, 2.05) is 41.3 Å². The Bertz CT molecular complexity index is 1040. The van der Waals surface area contributed by atoms with Gasteiger partial charge >= 0.3 is 0 Å². The van der Waals surface area contributed by atoms with Crippen molar-refractivity contribution in [3.63, 3.8) is 0 Å². The second-order valence-corrected chi connectivity index (χ2v) is 7.85. The number of hydrogen-bond acceptors (Lipinski definition) is 5. The highest BCUT2D eigenvalue weighted by molar-refractivity contribution is 6.30. The van der Waals surface area contributed by atoms with E-state index < -0.39 is 0 Å². The predicted octanol–water partition coefficient (Wildman–Crippen LogP) is 3.99. The zero-order valence-corrected chi connectivity index (χ0v) is 17.9. The van der Waals surface area contributed by atoms with E-state index in [4.69, 9.17) is 25.5 Å². The maximum atomic E-state index is 12.8. The van der Waals surface area contributed by atoms with Gasteiger partial charge < -0.3 is 18.8 Å². The average Bonchev–Trinajstić information content (AvgIpc) is 3.16. The fourth-order valence-electron chi connectivity index (χ4n) is 3.87. The molecule has 1 aliphatic rings. The van der Waals surface area contributed by atoms with Crippen LogP contribution in [0.25, 0.3) is 11.0 Å². The second-order valence-electron chi connectivity index (χ2n) is 7.41. The van der Waals surface area contributed by atoms with Crippen molar-refractivity contribution in [1.82, 2.24) is 9.80 Å². The van der Waals surface area contributed by atoms with Crippen molar-refractivity contribution in [1.29, 1.82) is 0 Å². The monoisotopic (exact) mass is 428 g/mol. The summed E-state index contributed by atoms with van der Waals surface area (Å²) in [6.45, 7) is 3.77. The molecule has 1 fully saturated rings. The molecule has 0 N–H and O–H groups in total. The summed E-state index contributed by atoms with van der Waals surface area (Å²) >= 11 is 6.14. The summed E-state index contributed by atoms with van der Waals surface area (Å²) in [6.07, 6.45) is 2.01. The lowest BCUT2D eigenvalue weighted by Gasteiger charge is -2.35. The van der Waals surface area contributed by atoms with Gasteiger partial charge in [-0.15, -0.1) is 0 Å². The lowest BCUT2D eigenvalue weighted by Crippen LogP contribution is -2.48. The van der Waals surface area contributed by atoms with E-state index in [2.05, 4.69) is 4.90 Å². The summed E-state index contributed by atoms with van der Waals surface area (Å²) < 4.78 is 16.3. The molecule has 0 bridgehead atoms. The van der Waals surface area contributed by atoms with Crippen LogP contribution in [-0.2, 0) is 17.8 Å². The van der Waals surface area contributed by atoms with Gasteiger partial charge in [-0.3, -0.25) is 9.69 Å². The van der Waals surface area contributed by atoms with Crippen molar-refractivity contribution in [3.8, 4) is 11.5 Å². The molecule has 30 heavy (non-hydrogen) atoms. The molecule has 2 aromatic carbocycles. The van der Waals surface area contributed by atoms with E-state index >= 15 is 0 Å². The predicted molar refractivity (Wildman–Crippen MR) is 116 cm³/mol. The van der Waals surface area contributed by atoms with Crippen molar-refractivity contribution in [2.75, 3.05) is 40.4 Å². The van der Waals surface area contributed by atoms with Crippen LogP contribution in [0.15, 0.2) is 47.1 Å². The number of amides is 1. The topological polar surface area (TPSA) is 55.2 Å². The summed E-state index contributed by atoms with van der Waals surface area (Å²) in [5, 5.41) is 1.65. The third-order valence-corrected chi connectivity index (χ3v) is 5.80. The Morgan fingerprint density at radius 3 is 2.57 bits per heavy atom. The van der Waals surface area contributed by atoms with Crippen LogP contribution in [0.3, 0.4) is 0 Å². The lowest BCUT2D eigenvalue weighted by atomic mass is 10.1. The number of furan rings is 1. The van der Waals surface area contributed by atoms with Crippen LogP contribution in [0.2, 0.25) is 5.02 Å². The molecule has 3 aromatic rings. The molecule has 4 rings (SSSR count). The van der Waals surface area contributed by atoms with Crippen molar-refractivity contribution in [2.45, 2.75) is 13.0 Å². The summed E-state index contributed by atoms with van der Waals surface area (Å²) in [4.78, 5) is 17.1. The van der Waals surface area contributed by atoms with Gasteiger partial charge in [0.2, 0.25) is 5.91 Å². The largest absolute Gasteiger partial charge is 0.497 e. The van der Waals surface area contributed by atoms with Crippen LogP contribution in [0.5, 0.6) is 11.5 Å². The summed E-state index contributed by atoms with van der Waals surface area (Å²) in [6, 6.07) is 11.3. The molecule has 1 amide bonds. The highest BCUT2D eigenvalue weighted by Gasteiger charge is 2.23. The van der Waals surface area contributed by atoms with E-state index in [0.717, 1.165) is 53.2 Å². The molecule has 0 radical (unpaired) electrons. The normalized spacial score (nSPS) is 14.8. The molecule has 0 spiro atoms. The molecule has 1 saturated heterocycles. The maximum Gasteiger partial charge on any atom is 0.227 e. The van der Waals surface area contributed by atoms with E-state index in [0.29, 0.717) is 24.5 Å². The number of nitrogens with zero attached hydrogens (tertiary/aromatic N) is 2. The zero-order chi connectivity index (χ0) is 21.1. The number of benzene rings is 2. The third kappa shape index (κ3) is 4.40. The van der Waals surface area contributed by atoms with Gasteiger partial charge in [-0.05, 0) is 30.3 Å². The molecule has 6 nitrogen and oxygen atoms in total. The number of piperazine rings is 1. The summed E-state index contributed by atoms with van der Waals surface area (Å²) in [5.41, 5.74) is 2.70. The fourth-order valence-corrected chi connectivity index (χ4v) is 4.06. The Hall–Kier alpha value is -2.70. The van der Waals surface area contributed by atoms with Crippen molar-refractivity contribution in [2.24, 2.45) is 0 Å². The van der Waals surface area contributed by atoms with Gasteiger partial charge in [0.05, 0.1) is 26.9 Å². The second kappa shape index (κ2) is 8.98. The number of rotatable bonds is 6. The third-order valence-electron chi connectivity index (χ3n) is 5.57. The number of methoxy groups -OCH3 is 2.